The van der Waals surface area contributed by atoms with E-state index >= 15 is 0 Å². The van der Waals surface area contributed by atoms with Gasteiger partial charge in [0.2, 0.25) is 11.1 Å². The van der Waals surface area contributed by atoms with Crippen LogP contribution in [0, 0.1) is 0 Å². The van der Waals surface area contributed by atoms with Gasteiger partial charge in [-0.2, -0.15) is 0 Å². The zero-order valence-corrected chi connectivity index (χ0v) is 16.5. The first kappa shape index (κ1) is 17.9. The number of fused-ring (bicyclic) bond motifs is 3. The standard InChI is InChI=1S/C18H18N6OS2/c1-3-9-24-13-7-5-4-6-12(13)14-15(24)20-18(23-22-14)27-11(2)16(25)21-17-19-8-10-26-17/h4-8,10-11H,3,9H2,1-2H3,(H,19,21,25)/t11-/m0/s1. The molecule has 0 radical (unpaired) electrons. The van der Waals surface area contributed by atoms with E-state index in [0.717, 1.165) is 35.0 Å². The number of thioether (sulfide) groups is 1. The van der Waals surface area contributed by atoms with Crippen LogP contribution in [0.25, 0.3) is 22.1 Å². The first-order valence-corrected chi connectivity index (χ1v) is 10.4. The van der Waals surface area contributed by atoms with Gasteiger partial charge in [-0.25, -0.2) is 9.97 Å². The number of hydrogen-bond acceptors (Lipinski definition) is 7. The number of nitrogens with one attached hydrogen (secondary N) is 1. The Morgan fingerprint density at radius 1 is 1.33 bits per heavy atom. The predicted molar refractivity (Wildman–Crippen MR) is 109 cm³/mol. The summed E-state index contributed by atoms with van der Waals surface area (Å²) < 4.78 is 2.17. The van der Waals surface area contributed by atoms with Gasteiger partial charge in [-0.05, 0) is 19.4 Å². The molecule has 27 heavy (non-hydrogen) atoms. The maximum Gasteiger partial charge on any atom is 0.239 e. The summed E-state index contributed by atoms with van der Waals surface area (Å²) in [5.74, 6) is -0.132. The molecule has 138 valence electrons. The summed E-state index contributed by atoms with van der Waals surface area (Å²) in [5.41, 5.74) is 2.71. The van der Waals surface area contributed by atoms with Crippen molar-refractivity contribution in [2.45, 2.75) is 37.2 Å². The molecule has 7 nitrogen and oxygen atoms in total. The number of aromatic nitrogens is 5. The number of carbonyl (C=O) groups is 1. The summed E-state index contributed by atoms with van der Waals surface area (Å²) >= 11 is 2.68. The van der Waals surface area contributed by atoms with Crippen molar-refractivity contribution in [3.05, 3.63) is 35.8 Å². The lowest BCUT2D eigenvalue weighted by molar-refractivity contribution is -0.115. The monoisotopic (exact) mass is 398 g/mol. The third-order valence-corrected chi connectivity index (χ3v) is 5.76. The van der Waals surface area contributed by atoms with Gasteiger partial charge in [0.05, 0.1) is 10.8 Å². The maximum absolute atomic E-state index is 12.3. The smallest absolute Gasteiger partial charge is 0.239 e. The van der Waals surface area contributed by atoms with Gasteiger partial charge in [0.25, 0.3) is 0 Å². The number of rotatable bonds is 6. The van der Waals surface area contributed by atoms with Crippen LogP contribution in [0.1, 0.15) is 20.3 Å². The summed E-state index contributed by atoms with van der Waals surface area (Å²) in [6.45, 7) is 4.81. The fourth-order valence-electron chi connectivity index (χ4n) is 2.89. The van der Waals surface area contributed by atoms with E-state index in [1.54, 1.807) is 6.20 Å². The normalized spacial score (nSPS) is 12.5. The Labute approximate surface area is 164 Å². The molecule has 4 aromatic rings. The van der Waals surface area contributed by atoms with Crippen LogP contribution in [-0.4, -0.2) is 35.9 Å². The topological polar surface area (TPSA) is 85.6 Å². The van der Waals surface area contributed by atoms with Gasteiger partial charge >= 0.3 is 0 Å². The highest BCUT2D eigenvalue weighted by Gasteiger charge is 2.19. The van der Waals surface area contributed by atoms with Crippen LogP contribution in [0.5, 0.6) is 0 Å². The molecule has 0 saturated carbocycles. The van der Waals surface area contributed by atoms with Crippen LogP contribution < -0.4 is 5.32 Å². The molecule has 1 amide bonds. The molecule has 0 saturated heterocycles. The van der Waals surface area contributed by atoms with Crippen molar-refractivity contribution < 1.29 is 4.79 Å². The minimum atomic E-state index is -0.364. The molecular weight excluding hydrogens is 380 g/mol. The van der Waals surface area contributed by atoms with Gasteiger partial charge < -0.3 is 9.88 Å². The second-order valence-electron chi connectivity index (χ2n) is 6.02. The van der Waals surface area contributed by atoms with E-state index in [1.165, 1.54) is 23.1 Å². The fraction of sp³-hybridized carbons (Fsp3) is 0.278. The van der Waals surface area contributed by atoms with Crippen molar-refractivity contribution >= 4 is 56.2 Å². The number of aryl methyl sites for hydroxylation is 1. The molecule has 0 spiro atoms. The Hall–Kier alpha value is -2.52. The number of para-hydroxylation sites is 1. The third kappa shape index (κ3) is 3.52. The summed E-state index contributed by atoms with van der Waals surface area (Å²) in [7, 11) is 0. The zero-order chi connectivity index (χ0) is 18.8. The highest BCUT2D eigenvalue weighted by atomic mass is 32.2. The highest BCUT2D eigenvalue weighted by molar-refractivity contribution is 8.00. The second kappa shape index (κ2) is 7.61. The SMILES string of the molecule is CCCn1c2ccccc2c2nnc(S[C@@H](C)C(=O)Nc3nccs3)nc21. The molecule has 0 unspecified atom stereocenters. The van der Waals surface area contributed by atoms with Crippen LogP contribution in [0.4, 0.5) is 5.13 Å². The fourth-order valence-corrected chi connectivity index (χ4v) is 4.13. The number of anilines is 1. The summed E-state index contributed by atoms with van der Waals surface area (Å²) in [6, 6.07) is 8.12. The Morgan fingerprint density at radius 3 is 2.96 bits per heavy atom. The highest BCUT2D eigenvalue weighted by Crippen LogP contribution is 2.28. The molecule has 0 aliphatic rings. The molecule has 3 aromatic heterocycles. The van der Waals surface area contributed by atoms with Crippen molar-refractivity contribution in [2.75, 3.05) is 5.32 Å². The Kier molecular flexibility index (Phi) is 5.04. The zero-order valence-electron chi connectivity index (χ0n) is 14.9. The molecule has 1 N–H and O–H groups in total. The van der Waals surface area contributed by atoms with Crippen molar-refractivity contribution in [1.29, 1.82) is 0 Å². The van der Waals surface area contributed by atoms with Crippen LogP contribution in [0.15, 0.2) is 41.0 Å². The first-order valence-electron chi connectivity index (χ1n) is 8.66. The summed E-state index contributed by atoms with van der Waals surface area (Å²) in [5, 5.41) is 15.0. The molecule has 0 bridgehead atoms. The molecule has 1 aromatic carbocycles. The van der Waals surface area contributed by atoms with Crippen LogP contribution in [0.3, 0.4) is 0 Å². The van der Waals surface area contributed by atoms with Gasteiger partial charge in [0.15, 0.2) is 10.8 Å². The molecule has 3 heterocycles. The molecule has 0 aliphatic carbocycles. The van der Waals surface area contributed by atoms with Crippen LogP contribution >= 0.6 is 23.1 Å². The van der Waals surface area contributed by atoms with Crippen molar-refractivity contribution in [1.82, 2.24) is 24.7 Å². The maximum atomic E-state index is 12.3. The van der Waals surface area contributed by atoms with Gasteiger partial charge in [-0.15, -0.1) is 21.5 Å². The third-order valence-electron chi connectivity index (χ3n) is 4.12. The lowest BCUT2D eigenvalue weighted by atomic mass is 10.2. The lowest BCUT2D eigenvalue weighted by Crippen LogP contribution is -2.22. The molecular formula is C18H18N6OS2. The van der Waals surface area contributed by atoms with Crippen molar-refractivity contribution in [3.8, 4) is 0 Å². The van der Waals surface area contributed by atoms with Crippen LogP contribution in [0.2, 0.25) is 0 Å². The number of nitrogens with zero attached hydrogens (tertiary/aromatic N) is 5. The molecule has 1 atom stereocenters. The molecule has 4 rings (SSSR count). The van der Waals surface area contributed by atoms with E-state index in [1.807, 2.05) is 30.5 Å². The van der Waals surface area contributed by atoms with Gasteiger partial charge in [0.1, 0.15) is 5.52 Å². The number of carbonyl (C=O) groups excluding carboxylic acids is 1. The number of amides is 1. The lowest BCUT2D eigenvalue weighted by Gasteiger charge is -2.09. The Morgan fingerprint density at radius 2 is 2.19 bits per heavy atom. The minimum absolute atomic E-state index is 0.132. The average molecular weight is 399 g/mol. The second-order valence-corrected chi connectivity index (χ2v) is 8.22. The molecule has 0 fully saturated rings. The average Bonchev–Trinajstić information content (AvgIpc) is 3.29. The summed E-state index contributed by atoms with van der Waals surface area (Å²) in [4.78, 5) is 21.1. The van der Waals surface area contributed by atoms with Crippen LogP contribution in [-0.2, 0) is 11.3 Å². The number of benzene rings is 1. The minimum Gasteiger partial charge on any atom is -0.324 e. The van der Waals surface area contributed by atoms with Gasteiger partial charge in [-0.1, -0.05) is 36.9 Å². The summed E-state index contributed by atoms with van der Waals surface area (Å²) in [6.07, 6.45) is 2.65. The van der Waals surface area contributed by atoms with Gasteiger partial charge in [0, 0.05) is 23.5 Å². The number of hydrogen-bond donors (Lipinski definition) is 1. The van der Waals surface area contributed by atoms with Crippen molar-refractivity contribution in [2.24, 2.45) is 0 Å². The van der Waals surface area contributed by atoms with E-state index < -0.39 is 0 Å². The number of thiazole rings is 1. The quantitative estimate of drug-likeness (QED) is 0.495. The van der Waals surface area contributed by atoms with E-state index in [9.17, 15) is 4.79 Å². The van der Waals surface area contributed by atoms with E-state index in [2.05, 4.69) is 38.1 Å². The van der Waals surface area contributed by atoms with Crippen molar-refractivity contribution in [3.63, 3.8) is 0 Å². The largest absolute Gasteiger partial charge is 0.324 e. The molecule has 0 aliphatic heterocycles. The van der Waals surface area contributed by atoms with E-state index in [4.69, 9.17) is 4.98 Å². The molecule has 9 heteroatoms. The Bertz CT molecular complexity index is 1090. The first-order chi connectivity index (χ1) is 13.2. The van der Waals surface area contributed by atoms with Gasteiger partial charge in [-0.3, -0.25) is 4.79 Å². The van der Waals surface area contributed by atoms with E-state index in [0.29, 0.717) is 10.3 Å². The van der Waals surface area contributed by atoms with E-state index in [-0.39, 0.29) is 11.2 Å². The Balaban J connectivity index is 1.63. The predicted octanol–water partition coefficient (Wildman–Crippen LogP) is 3.97.